The molecule has 3 aliphatic heterocycles. The van der Waals surface area contributed by atoms with E-state index < -0.39 is 0 Å². The van der Waals surface area contributed by atoms with E-state index in [1.165, 1.54) is 12.0 Å². The lowest BCUT2D eigenvalue weighted by atomic mass is 9.70. The number of aromatic nitrogens is 3. The van der Waals surface area contributed by atoms with Crippen molar-refractivity contribution in [1.82, 2.24) is 25.0 Å². The van der Waals surface area contributed by atoms with Crippen molar-refractivity contribution in [2.75, 3.05) is 13.1 Å². The second-order valence-electron chi connectivity index (χ2n) is 9.54. The van der Waals surface area contributed by atoms with Gasteiger partial charge in [0, 0.05) is 49.7 Å². The molecule has 6 rings (SSSR count). The number of carbonyl (C=O) groups is 1. The molecule has 2 bridgehead atoms. The maximum absolute atomic E-state index is 13.0. The molecule has 2 aromatic heterocycles. The first kappa shape index (κ1) is 19.0. The quantitative estimate of drug-likeness (QED) is 0.709. The van der Waals surface area contributed by atoms with Gasteiger partial charge in [0.2, 0.25) is 5.91 Å². The lowest BCUT2D eigenvalue weighted by molar-refractivity contribution is -0.152. The summed E-state index contributed by atoms with van der Waals surface area (Å²) in [5, 5.41) is 8.73. The fourth-order valence-corrected chi connectivity index (χ4v) is 6.37. The zero-order valence-electron chi connectivity index (χ0n) is 17.8. The molecule has 6 heteroatoms. The second-order valence-corrected chi connectivity index (χ2v) is 9.54. The third kappa shape index (κ3) is 3.43. The monoisotopic (exact) mass is 415 g/mol. The van der Waals surface area contributed by atoms with Crippen LogP contribution in [0.2, 0.25) is 0 Å². The van der Waals surface area contributed by atoms with Gasteiger partial charge in [-0.25, -0.2) is 4.98 Å². The normalized spacial score (nSPS) is 28.6. The highest BCUT2D eigenvalue weighted by Crippen LogP contribution is 2.43. The molecule has 0 spiro atoms. The molecule has 3 aliphatic rings. The zero-order chi connectivity index (χ0) is 20.8. The molecule has 31 heavy (non-hydrogen) atoms. The number of hydrogen-bond donors (Lipinski definition) is 1. The largest absolute Gasteiger partial charge is 0.336 e. The number of amides is 1. The summed E-state index contributed by atoms with van der Waals surface area (Å²) in [6, 6.07) is 15.5. The highest BCUT2D eigenvalue weighted by molar-refractivity contribution is 5.78. The molecule has 6 nitrogen and oxygen atoms in total. The van der Waals surface area contributed by atoms with E-state index in [4.69, 9.17) is 0 Å². The van der Waals surface area contributed by atoms with Crippen molar-refractivity contribution in [1.29, 1.82) is 0 Å². The highest BCUT2D eigenvalue weighted by Gasteiger charge is 2.49. The van der Waals surface area contributed by atoms with E-state index in [2.05, 4.69) is 61.4 Å². The molecule has 3 saturated heterocycles. The van der Waals surface area contributed by atoms with Crippen molar-refractivity contribution < 1.29 is 4.79 Å². The predicted molar refractivity (Wildman–Crippen MR) is 119 cm³/mol. The maximum atomic E-state index is 13.0. The van der Waals surface area contributed by atoms with Crippen molar-refractivity contribution >= 4 is 16.9 Å². The van der Waals surface area contributed by atoms with E-state index in [0.29, 0.717) is 29.8 Å². The smallest absolute Gasteiger partial charge is 0.223 e. The van der Waals surface area contributed by atoms with Crippen molar-refractivity contribution in [3.63, 3.8) is 0 Å². The van der Waals surface area contributed by atoms with Crippen LogP contribution in [0.25, 0.3) is 11.0 Å². The third-order valence-electron chi connectivity index (χ3n) is 7.65. The number of nitrogens with one attached hydrogen (secondary N) is 1. The third-order valence-corrected chi connectivity index (χ3v) is 7.65. The fourth-order valence-electron chi connectivity index (χ4n) is 6.37. The van der Waals surface area contributed by atoms with Crippen LogP contribution in [0.4, 0.5) is 0 Å². The summed E-state index contributed by atoms with van der Waals surface area (Å²) in [5.41, 5.74) is 3.28. The predicted octanol–water partition coefficient (Wildman–Crippen LogP) is 3.40. The Bertz CT molecular complexity index is 1080. The standard InChI is InChI=1S/C25H29N5O/c31-24-10-4-9-22-18-13-19(23(30(22)24)12-17-6-2-1-3-7-17)15-29(14-18)16-21-20-8-5-11-26-25(20)28-27-21/h1-3,5-8,11,18-19,22-23H,4,9-10,12-16H2,(H,26,27,28)/t18-,19+,22+,23+/m1/s1. The lowest BCUT2D eigenvalue weighted by Gasteiger charge is -2.56. The Kier molecular flexibility index (Phi) is 4.75. The van der Waals surface area contributed by atoms with Crippen LogP contribution in [-0.4, -0.2) is 56.1 Å². The Morgan fingerprint density at radius 1 is 1.06 bits per heavy atom. The maximum Gasteiger partial charge on any atom is 0.223 e. The molecule has 4 atom stereocenters. The van der Waals surface area contributed by atoms with Crippen LogP contribution in [0.15, 0.2) is 48.7 Å². The van der Waals surface area contributed by atoms with E-state index in [0.717, 1.165) is 62.0 Å². The van der Waals surface area contributed by atoms with Crippen LogP contribution in [0.1, 0.15) is 36.9 Å². The number of H-pyrrole nitrogens is 1. The van der Waals surface area contributed by atoms with Gasteiger partial charge in [0.15, 0.2) is 5.65 Å². The summed E-state index contributed by atoms with van der Waals surface area (Å²) >= 11 is 0. The number of carbonyl (C=O) groups excluding carboxylic acids is 1. The molecule has 0 radical (unpaired) electrons. The number of rotatable bonds is 4. The Balaban J connectivity index is 1.28. The van der Waals surface area contributed by atoms with Crippen molar-refractivity contribution in [2.24, 2.45) is 11.8 Å². The average molecular weight is 416 g/mol. The van der Waals surface area contributed by atoms with E-state index in [1.807, 2.05) is 6.07 Å². The highest BCUT2D eigenvalue weighted by atomic mass is 16.2. The molecular weight excluding hydrogens is 386 g/mol. The Morgan fingerprint density at radius 3 is 2.84 bits per heavy atom. The summed E-state index contributed by atoms with van der Waals surface area (Å²) in [4.78, 5) is 22.3. The second kappa shape index (κ2) is 7.75. The topological polar surface area (TPSA) is 65.1 Å². The van der Waals surface area contributed by atoms with Gasteiger partial charge in [0.05, 0.1) is 5.69 Å². The first-order valence-corrected chi connectivity index (χ1v) is 11.6. The number of aromatic amines is 1. The van der Waals surface area contributed by atoms with Crippen molar-refractivity contribution in [3.8, 4) is 0 Å². The molecule has 5 heterocycles. The summed E-state index contributed by atoms with van der Waals surface area (Å²) in [5.74, 6) is 1.47. The van der Waals surface area contributed by atoms with E-state index in [-0.39, 0.29) is 0 Å². The number of likely N-dealkylation sites (tertiary alicyclic amines) is 1. The van der Waals surface area contributed by atoms with Crippen LogP contribution in [0, 0.1) is 11.8 Å². The fraction of sp³-hybridized carbons (Fsp3) is 0.480. The Hall–Kier alpha value is -2.73. The summed E-state index contributed by atoms with van der Waals surface area (Å²) in [7, 11) is 0. The number of nitrogens with zero attached hydrogens (tertiary/aromatic N) is 4. The van der Waals surface area contributed by atoms with E-state index >= 15 is 0 Å². The van der Waals surface area contributed by atoms with Crippen molar-refractivity contribution in [2.45, 2.75) is 50.7 Å². The molecule has 3 aromatic rings. The number of pyridine rings is 1. The van der Waals surface area contributed by atoms with E-state index in [1.54, 1.807) is 6.20 Å². The molecule has 0 aliphatic carbocycles. The first-order chi connectivity index (χ1) is 15.3. The first-order valence-electron chi connectivity index (χ1n) is 11.6. The van der Waals surface area contributed by atoms with Crippen LogP contribution in [-0.2, 0) is 17.8 Å². The Morgan fingerprint density at radius 2 is 1.94 bits per heavy atom. The van der Waals surface area contributed by atoms with Gasteiger partial charge in [-0.3, -0.25) is 14.8 Å². The average Bonchev–Trinajstić information content (AvgIpc) is 3.20. The number of piperidine rings is 3. The van der Waals surface area contributed by atoms with Crippen LogP contribution >= 0.6 is 0 Å². The Labute approximate surface area is 182 Å². The van der Waals surface area contributed by atoms with Crippen LogP contribution in [0.5, 0.6) is 0 Å². The van der Waals surface area contributed by atoms with Crippen LogP contribution < -0.4 is 0 Å². The van der Waals surface area contributed by atoms with Crippen molar-refractivity contribution in [3.05, 3.63) is 59.9 Å². The molecular formula is C25H29N5O. The molecule has 1 aromatic carbocycles. The molecule has 1 amide bonds. The minimum absolute atomic E-state index is 0.305. The van der Waals surface area contributed by atoms with Gasteiger partial charge in [0.1, 0.15) is 0 Å². The number of hydrogen-bond acceptors (Lipinski definition) is 4. The molecule has 3 fully saturated rings. The molecule has 1 N–H and O–H groups in total. The van der Waals surface area contributed by atoms with Crippen LogP contribution in [0.3, 0.4) is 0 Å². The number of benzene rings is 1. The van der Waals surface area contributed by atoms with E-state index in [9.17, 15) is 4.79 Å². The van der Waals surface area contributed by atoms with Gasteiger partial charge in [-0.2, -0.15) is 5.10 Å². The molecule has 0 unspecified atom stereocenters. The summed E-state index contributed by atoms with van der Waals surface area (Å²) < 4.78 is 0. The van der Waals surface area contributed by atoms with Gasteiger partial charge in [-0.15, -0.1) is 0 Å². The number of fused-ring (bicyclic) bond motifs is 5. The lowest BCUT2D eigenvalue weighted by Crippen LogP contribution is -2.65. The van der Waals surface area contributed by atoms with Gasteiger partial charge >= 0.3 is 0 Å². The van der Waals surface area contributed by atoms with Gasteiger partial charge in [-0.05, 0) is 55.2 Å². The van der Waals surface area contributed by atoms with Gasteiger partial charge in [0.25, 0.3) is 0 Å². The zero-order valence-corrected chi connectivity index (χ0v) is 17.8. The minimum atomic E-state index is 0.305. The minimum Gasteiger partial charge on any atom is -0.336 e. The molecule has 0 saturated carbocycles. The van der Waals surface area contributed by atoms with Gasteiger partial charge in [-0.1, -0.05) is 30.3 Å². The SMILES string of the molecule is O=C1CCC[C@H]2[C@@H]3C[C@@H](CN(Cc4[nH]nc5ncccc45)C3)[C@H](Cc3ccccc3)N12. The summed E-state index contributed by atoms with van der Waals surface area (Å²) in [6.07, 6.45) is 6.91. The molecule has 160 valence electrons. The summed E-state index contributed by atoms with van der Waals surface area (Å²) in [6.45, 7) is 2.96. The van der Waals surface area contributed by atoms with Gasteiger partial charge < -0.3 is 4.90 Å².